The van der Waals surface area contributed by atoms with Crippen LogP contribution >= 0.6 is 22.6 Å². The van der Waals surface area contributed by atoms with E-state index in [2.05, 4.69) is 44.5 Å². The molecule has 0 aliphatic heterocycles. The van der Waals surface area contributed by atoms with E-state index in [0.717, 1.165) is 20.6 Å². The summed E-state index contributed by atoms with van der Waals surface area (Å²) in [5.74, 6) is 6.26. The predicted molar refractivity (Wildman–Crippen MR) is 88.1 cm³/mol. The van der Waals surface area contributed by atoms with E-state index in [1.54, 1.807) is 10.7 Å². The number of allylic oxidation sites excluding steroid dienone is 8. The zero-order valence-corrected chi connectivity index (χ0v) is 12.7. The number of fused-ring (bicyclic) bond motifs is 1. The lowest BCUT2D eigenvalue weighted by molar-refractivity contribution is 0.903. The lowest BCUT2D eigenvalue weighted by atomic mass is 10.2. The fraction of sp³-hybridized carbons (Fsp3) is 0. The number of halogens is 1. The van der Waals surface area contributed by atoms with E-state index < -0.39 is 0 Å². The van der Waals surface area contributed by atoms with Crippen LogP contribution < -0.4 is 0 Å². The molecule has 2 heterocycles. The molecule has 3 nitrogen and oxygen atoms in total. The zero-order valence-electron chi connectivity index (χ0n) is 10.5. The minimum atomic E-state index is 0.786. The largest absolute Gasteiger partial charge is 0.234 e. The fourth-order valence-electron chi connectivity index (χ4n) is 1.72. The summed E-state index contributed by atoms with van der Waals surface area (Å²) < 4.78 is 2.67. The van der Waals surface area contributed by atoms with Gasteiger partial charge in [0.1, 0.15) is 9.39 Å². The zero-order chi connectivity index (χ0) is 13.8. The molecule has 0 saturated carbocycles. The van der Waals surface area contributed by atoms with Gasteiger partial charge in [-0.1, -0.05) is 36.3 Å². The molecule has 2 aromatic heterocycles. The van der Waals surface area contributed by atoms with Crippen molar-refractivity contribution in [3.8, 4) is 11.8 Å². The smallest absolute Gasteiger partial charge is 0.155 e. The van der Waals surface area contributed by atoms with E-state index >= 15 is 0 Å². The quantitative estimate of drug-likeness (QED) is 0.526. The summed E-state index contributed by atoms with van der Waals surface area (Å²) in [5.41, 5.74) is 2.54. The molecule has 1 aliphatic rings. The molecule has 0 fully saturated rings. The van der Waals surface area contributed by atoms with Gasteiger partial charge in [-0.05, 0) is 52.8 Å². The minimum absolute atomic E-state index is 0.786. The number of aromatic nitrogens is 3. The fourth-order valence-corrected chi connectivity index (χ4v) is 2.12. The second-order valence-electron chi connectivity index (χ2n) is 4.07. The molecule has 0 radical (unpaired) electrons. The van der Waals surface area contributed by atoms with Crippen molar-refractivity contribution in [2.75, 3.05) is 0 Å². The van der Waals surface area contributed by atoms with E-state index in [1.165, 1.54) is 0 Å². The first kappa shape index (κ1) is 12.9. The van der Waals surface area contributed by atoms with Gasteiger partial charge in [-0.2, -0.15) is 5.10 Å². The molecular formula is C16H10IN3. The maximum absolute atomic E-state index is 4.41. The van der Waals surface area contributed by atoms with Crippen LogP contribution in [0.15, 0.2) is 66.4 Å². The normalized spacial score (nSPS) is 16.8. The Morgan fingerprint density at radius 3 is 2.80 bits per heavy atom. The highest BCUT2D eigenvalue weighted by Gasteiger charge is 2.01. The molecule has 0 spiro atoms. The summed E-state index contributed by atoms with van der Waals surface area (Å²) in [4.78, 5) is 4.29. The van der Waals surface area contributed by atoms with Crippen LogP contribution in [0, 0.1) is 15.5 Å². The van der Waals surface area contributed by atoms with Gasteiger partial charge in [-0.3, -0.25) is 0 Å². The number of rotatable bonds is 0. The third-order valence-electron chi connectivity index (χ3n) is 2.66. The molecule has 0 N–H and O–H groups in total. The van der Waals surface area contributed by atoms with E-state index in [4.69, 9.17) is 0 Å². The molecule has 0 aromatic carbocycles. The molecule has 0 saturated heterocycles. The molecule has 0 amide bonds. The van der Waals surface area contributed by atoms with Crippen LogP contribution in [0.1, 0.15) is 5.69 Å². The Morgan fingerprint density at radius 2 is 1.85 bits per heavy atom. The lowest BCUT2D eigenvalue weighted by Gasteiger charge is -1.94. The summed E-state index contributed by atoms with van der Waals surface area (Å²) in [7, 11) is 0. The van der Waals surface area contributed by atoms with Crippen LogP contribution in [0.25, 0.3) is 5.65 Å². The van der Waals surface area contributed by atoms with Gasteiger partial charge in [-0.15, -0.1) is 0 Å². The van der Waals surface area contributed by atoms with Crippen LogP contribution in [-0.2, 0) is 0 Å². The third kappa shape index (κ3) is 2.89. The van der Waals surface area contributed by atoms with Crippen molar-refractivity contribution in [3.05, 3.63) is 75.8 Å². The van der Waals surface area contributed by atoms with Crippen LogP contribution in [0.2, 0.25) is 0 Å². The van der Waals surface area contributed by atoms with Crippen LogP contribution in [-0.4, -0.2) is 14.6 Å². The van der Waals surface area contributed by atoms with Gasteiger partial charge in [0.15, 0.2) is 5.65 Å². The standard InChI is InChI=1S/C16H10IN3/c17-15-10-11-16-18-12-14(20(16)19-15)9-8-13-6-4-2-1-3-5-7-13/h1-7,10-12H/b2-1-,3-1?,4-2?,5-3-,6-4?,7-5?,13-6?,13-7?. The Bertz CT molecular complexity index is 826. The molecule has 96 valence electrons. The van der Waals surface area contributed by atoms with Crippen molar-refractivity contribution < 1.29 is 0 Å². The Labute approximate surface area is 130 Å². The molecule has 4 heteroatoms. The molecule has 20 heavy (non-hydrogen) atoms. The van der Waals surface area contributed by atoms with Gasteiger partial charge < -0.3 is 0 Å². The lowest BCUT2D eigenvalue weighted by Crippen LogP contribution is -1.96. The van der Waals surface area contributed by atoms with E-state index in [-0.39, 0.29) is 0 Å². The monoisotopic (exact) mass is 371 g/mol. The van der Waals surface area contributed by atoms with Gasteiger partial charge in [0.05, 0.1) is 6.20 Å². The maximum Gasteiger partial charge on any atom is 0.155 e. The molecule has 1 aliphatic carbocycles. The predicted octanol–water partition coefficient (Wildman–Crippen LogP) is 3.29. The highest BCUT2D eigenvalue weighted by Crippen LogP contribution is 2.07. The Balaban J connectivity index is 1.98. The summed E-state index contributed by atoms with van der Waals surface area (Å²) in [6, 6.07) is 3.86. The van der Waals surface area contributed by atoms with Gasteiger partial charge in [-0.25, -0.2) is 9.50 Å². The molecule has 0 atom stereocenters. The van der Waals surface area contributed by atoms with Crippen LogP contribution in [0.5, 0.6) is 0 Å². The Kier molecular flexibility index (Phi) is 3.79. The maximum atomic E-state index is 4.41. The highest BCUT2D eigenvalue weighted by atomic mass is 127. The first-order valence-corrected chi connectivity index (χ1v) is 7.15. The Morgan fingerprint density at radius 1 is 1.00 bits per heavy atom. The highest BCUT2D eigenvalue weighted by molar-refractivity contribution is 14.1. The van der Waals surface area contributed by atoms with E-state index in [9.17, 15) is 0 Å². The average Bonchev–Trinajstić information content (AvgIpc) is 2.80. The van der Waals surface area contributed by atoms with Gasteiger partial charge in [0.2, 0.25) is 0 Å². The van der Waals surface area contributed by atoms with Crippen molar-refractivity contribution >= 4 is 28.2 Å². The SMILES string of the molecule is Ic1ccc2ncc(C#CC3=C/C=C\C=C/C=C3)n2n1. The second-order valence-corrected chi connectivity index (χ2v) is 5.18. The van der Waals surface area contributed by atoms with Crippen molar-refractivity contribution in [1.29, 1.82) is 0 Å². The second kappa shape index (κ2) is 5.88. The summed E-state index contributed by atoms with van der Waals surface area (Å²) >= 11 is 2.18. The first-order chi connectivity index (χ1) is 9.83. The van der Waals surface area contributed by atoms with Crippen molar-refractivity contribution in [2.45, 2.75) is 0 Å². The summed E-state index contributed by atoms with van der Waals surface area (Å²) in [6.07, 6.45) is 15.6. The van der Waals surface area contributed by atoms with Gasteiger partial charge in [0, 0.05) is 5.57 Å². The molecule has 0 bridgehead atoms. The number of nitrogens with zero attached hydrogens (tertiary/aromatic N) is 3. The topological polar surface area (TPSA) is 30.2 Å². The van der Waals surface area contributed by atoms with E-state index in [0.29, 0.717) is 0 Å². The summed E-state index contributed by atoms with van der Waals surface area (Å²) in [5, 5.41) is 4.41. The van der Waals surface area contributed by atoms with Crippen molar-refractivity contribution in [2.24, 2.45) is 0 Å². The third-order valence-corrected chi connectivity index (χ3v) is 3.24. The van der Waals surface area contributed by atoms with Crippen LogP contribution in [0.4, 0.5) is 0 Å². The first-order valence-electron chi connectivity index (χ1n) is 6.07. The summed E-state index contributed by atoms with van der Waals surface area (Å²) in [6.45, 7) is 0. The number of hydrogen-bond donors (Lipinski definition) is 0. The number of imidazole rings is 1. The van der Waals surface area contributed by atoms with Gasteiger partial charge >= 0.3 is 0 Å². The van der Waals surface area contributed by atoms with Crippen molar-refractivity contribution in [1.82, 2.24) is 14.6 Å². The molecule has 0 unspecified atom stereocenters. The Hall–Kier alpha value is -2.13. The molecule has 3 rings (SSSR count). The van der Waals surface area contributed by atoms with E-state index in [1.807, 2.05) is 54.7 Å². The molecular weight excluding hydrogens is 361 g/mol. The average molecular weight is 371 g/mol. The van der Waals surface area contributed by atoms with Gasteiger partial charge in [0.25, 0.3) is 0 Å². The van der Waals surface area contributed by atoms with Crippen molar-refractivity contribution in [3.63, 3.8) is 0 Å². The van der Waals surface area contributed by atoms with Crippen LogP contribution in [0.3, 0.4) is 0 Å². The minimum Gasteiger partial charge on any atom is -0.234 e. The number of hydrogen-bond acceptors (Lipinski definition) is 2. The molecule has 2 aromatic rings.